The molecule has 0 radical (unpaired) electrons. The van der Waals surface area contributed by atoms with Crippen LogP contribution >= 0.6 is 11.8 Å². The van der Waals surface area contributed by atoms with Gasteiger partial charge < -0.3 is 15.3 Å². The lowest BCUT2D eigenvalue weighted by Crippen LogP contribution is -2.52. The van der Waals surface area contributed by atoms with Gasteiger partial charge in [0.15, 0.2) is 0 Å². The highest BCUT2D eigenvalue weighted by Crippen LogP contribution is 2.25. The van der Waals surface area contributed by atoms with E-state index in [4.69, 9.17) is 5.11 Å². The molecule has 1 aromatic carbocycles. The molecule has 0 bridgehead atoms. The van der Waals surface area contributed by atoms with E-state index in [1.807, 2.05) is 5.32 Å². The average molecular weight is 376 g/mol. The third kappa shape index (κ3) is 5.12. The molecule has 2 unspecified atom stereocenters. The summed E-state index contributed by atoms with van der Waals surface area (Å²) in [6.45, 7) is 0. The minimum Gasteiger partial charge on any atom is -0.480 e. The summed E-state index contributed by atoms with van der Waals surface area (Å²) in [5.74, 6) is -2.75. The molecule has 6 nitrogen and oxygen atoms in total. The fraction of sp³-hybridized carbons (Fsp3) is 0.400. The van der Waals surface area contributed by atoms with E-state index in [1.165, 1.54) is 16.7 Å². The number of benzene rings is 1. The molecule has 0 spiro atoms. The molecule has 1 aromatic rings. The Balaban J connectivity index is 2.09. The van der Waals surface area contributed by atoms with Crippen molar-refractivity contribution in [1.29, 1.82) is 0 Å². The maximum atomic E-state index is 12.4. The number of thioether (sulfide) groups is 1. The highest BCUT2D eigenvalue weighted by atomic mass is 32.2. The average Bonchev–Trinajstić information content (AvgIpc) is 3.02. The fourth-order valence-corrected chi connectivity index (χ4v) is 3.46. The van der Waals surface area contributed by atoms with Crippen LogP contribution in [0.1, 0.15) is 16.8 Å². The van der Waals surface area contributed by atoms with E-state index in [9.17, 15) is 27.6 Å². The summed E-state index contributed by atoms with van der Waals surface area (Å²) in [6, 6.07) is 5.02. The van der Waals surface area contributed by atoms with Gasteiger partial charge >= 0.3 is 12.1 Å². The third-order valence-corrected chi connectivity index (χ3v) is 4.53. The Kier molecular flexibility index (Phi) is 5.93. The highest BCUT2D eigenvalue weighted by molar-refractivity contribution is 7.99. The van der Waals surface area contributed by atoms with Crippen LogP contribution in [0.4, 0.5) is 13.2 Å². The lowest BCUT2D eigenvalue weighted by molar-refractivity contribution is -0.160. The van der Waals surface area contributed by atoms with Crippen LogP contribution in [0, 0.1) is 0 Å². The minimum absolute atomic E-state index is 0.183. The van der Waals surface area contributed by atoms with Crippen LogP contribution in [0.2, 0.25) is 0 Å². The van der Waals surface area contributed by atoms with Gasteiger partial charge in [-0.2, -0.15) is 13.2 Å². The molecule has 1 aliphatic heterocycles. The van der Waals surface area contributed by atoms with E-state index in [-0.39, 0.29) is 11.6 Å². The van der Waals surface area contributed by atoms with Crippen molar-refractivity contribution in [3.63, 3.8) is 0 Å². The topological polar surface area (TPSA) is 86.7 Å². The monoisotopic (exact) mass is 376 g/mol. The molecule has 10 heteroatoms. The lowest BCUT2D eigenvalue weighted by atomic mass is 10.1. The van der Waals surface area contributed by atoms with Gasteiger partial charge in [0.1, 0.15) is 12.1 Å². The molecule has 0 aromatic heterocycles. The predicted octanol–water partition coefficient (Wildman–Crippen LogP) is 1.72. The Hall–Kier alpha value is -2.23. The fourth-order valence-electron chi connectivity index (χ4n) is 2.31. The molecule has 25 heavy (non-hydrogen) atoms. The molecule has 1 fully saturated rings. The summed E-state index contributed by atoms with van der Waals surface area (Å²) >= 11 is 1.26. The number of nitrogens with zero attached hydrogens (tertiary/aromatic N) is 1. The van der Waals surface area contributed by atoms with E-state index in [2.05, 4.69) is 0 Å². The predicted molar refractivity (Wildman–Crippen MR) is 84.0 cm³/mol. The SMILES string of the molecule is O=C(O)C(CC(F)(F)F)NC(=O)C1CSCN1C(=O)c1ccccc1. The second kappa shape index (κ2) is 7.77. The van der Waals surface area contributed by atoms with Crippen molar-refractivity contribution >= 4 is 29.5 Å². The number of carbonyl (C=O) groups excluding carboxylic acids is 2. The van der Waals surface area contributed by atoms with E-state index in [0.29, 0.717) is 5.56 Å². The summed E-state index contributed by atoms with van der Waals surface area (Å²) in [5, 5.41) is 10.8. The van der Waals surface area contributed by atoms with Crippen molar-refractivity contribution < 1.29 is 32.7 Å². The normalized spacial score (nSPS) is 18.7. The molecule has 136 valence electrons. The number of alkyl halides is 3. The van der Waals surface area contributed by atoms with Gasteiger partial charge in [-0.05, 0) is 12.1 Å². The molecular weight excluding hydrogens is 361 g/mol. The first kappa shape index (κ1) is 19.1. The quantitative estimate of drug-likeness (QED) is 0.817. The molecule has 2 N–H and O–H groups in total. The van der Waals surface area contributed by atoms with Crippen LogP contribution in [0.15, 0.2) is 30.3 Å². The summed E-state index contributed by atoms with van der Waals surface area (Å²) in [7, 11) is 0. The van der Waals surface area contributed by atoms with Crippen LogP contribution in [0.3, 0.4) is 0 Å². The molecule has 2 atom stereocenters. The minimum atomic E-state index is -4.74. The second-order valence-electron chi connectivity index (χ2n) is 5.38. The Labute approximate surface area is 145 Å². The Morgan fingerprint density at radius 2 is 1.92 bits per heavy atom. The van der Waals surface area contributed by atoms with Gasteiger partial charge in [-0.25, -0.2) is 4.79 Å². The third-order valence-electron chi connectivity index (χ3n) is 3.52. The summed E-state index contributed by atoms with van der Waals surface area (Å²) in [4.78, 5) is 36.9. The first-order chi connectivity index (χ1) is 11.7. The molecule has 0 saturated carbocycles. The number of nitrogens with one attached hydrogen (secondary N) is 1. The lowest BCUT2D eigenvalue weighted by Gasteiger charge is -2.25. The largest absolute Gasteiger partial charge is 0.480 e. The summed E-state index contributed by atoms with van der Waals surface area (Å²) < 4.78 is 37.3. The number of halogens is 3. The molecule has 0 aliphatic carbocycles. The number of carboxylic acid groups (broad SMARTS) is 1. The first-order valence-corrected chi connectivity index (χ1v) is 8.38. The molecule has 1 saturated heterocycles. The molecule has 1 aliphatic rings. The summed E-state index contributed by atoms with van der Waals surface area (Å²) in [6.07, 6.45) is -6.42. The Morgan fingerprint density at radius 1 is 1.28 bits per heavy atom. The van der Waals surface area contributed by atoms with Crippen LogP contribution < -0.4 is 5.32 Å². The van der Waals surface area contributed by atoms with Gasteiger partial charge in [-0.1, -0.05) is 18.2 Å². The van der Waals surface area contributed by atoms with Crippen LogP contribution in [0.25, 0.3) is 0 Å². The number of carbonyl (C=O) groups is 3. The maximum Gasteiger partial charge on any atom is 0.391 e. The number of amides is 2. The van der Waals surface area contributed by atoms with Crippen molar-refractivity contribution in [1.82, 2.24) is 10.2 Å². The highest BCUT2D eigenvalue weighted by Gasteiger charge is 2.40. The van der Waals surface area contributed by atoms with Gasteiger partial charge in [-0.15, -0.1) is 11.8 Å². The zero-order valence-electron chi connectivity index (χ0n) is 12.8. The van der Waals surface area contributed by atoms with Crippen molar-refractivity contribution in [2.45, 2.75) is 24.7 Å². The number of aliphatic carboxylic acids is 1. The molecule has 2 rings (SSSR count). The van der Waals surface area contributed by atoms with Gasteiger partial charge in [-0.3, -0.25) is 9.59 Å². The number of rotatable bonds is 5. The Morgan fingerprint density at radius 3 is 2.48 bits per heavy atom. The zero-order chi connectivity index (χ0) is 18.6. The van der Waals surface area contributed by atoms with Crippen molar-refractivity contribution in [2.75, 3.05) is 11.6 Å². The van der Waals surface area contributed by atoms with E-state index in [0.717, 1.165) is 0 Å². The summed E-state index contributed by atoms with van der Waals surface area (Å²) in [5.41, 5.74) is 0.341. The van der Waals surface area contributed by atoms with Crippen molar-refractivity contribution in [2.24, 2.45) is 0 Å². The van der Waals surface area contributed by atoms with Gasteiger partial charge in [0.05, 0.1) is 12.3 Å². The van der Waals surface area contributed by atoms with Crippen LogP contribution in [-0.4, -0.2) is 57.7 Å². The van der Waals surface area contributed by atoms with E-state index in [1.54, 1.807) is 30.3 Å². The first-order valence-electron chi connectivity index (χ1n) is 7.23. The van der Waals surface area contributed by atoms with Gasteiger partial charge in [0.25, 0.3) is 5.91 Å². The number of hydrogen-bond acceptors (Lipinski definition) is 4. The number of hydrogen-bond donors (Lipinski definition) is 2. The van der Waals surface area contributed by atoms with Crippen LogP contribution in [-0.2, 0) is 9.59 Å². The maximum absolute atomic E-state index is 12.4. The Bertz CT molecular complexity index is 654. The molecular formula is C15H15F3N2O4S. The zero-order valence-corrected chi connectivity index (χ0v) is 13.6. The van der Waals surface area contributed by atoms with Crippen molar-refractivity contribution in [3.8, 4) is 0 Å². The van der Waals surface area contributed by atoms with Crippen LogP contribution in [0.5, 0.6) is 0 Å². The van der Waals surface area contributed by atoms with Gasteiger partial charge in [0.2, 0.25) is 5.91 Å². The van der Waals surface area contributed by atoms with E-state index >= 15 is 0 Å². The standard InChI is InChI=1S/C15H15F3N2O4S/c16-15(17,18)6-10(14(23)24)19-12(21)11-7-25-8-20(11)13(22)9-4-2-1-3-5-9/h1-5,10-11H,6-8H2,(H,19,21)(H,23,24). The van der Waals surface area contributed by atoms with Crippen molar-refractivity contribution in [3.05, 3.63) is 35.9 Å². The van der Waals surface area contributed by atoms with Gasteiger partial charge in [0, 0.05) is 11.3 Å². The second-order valence-corrected chi connectivity index (χ2v) is 6.38. The molecule has 2 amide bonds. The molecule has 1 heterocycles. The van der Waals surface area contributed by atoms with E-state index < -0.39 is 42.5 Å². The number of carboxylic acids is 1. The smallest absolute Gasteiger partial charge is 0.391 e.